The summed E-state index contributed by atoms with van der Waals surface area (Å²) in [6.07, 6.45) is 2.32. The largest absolute Gasteiger partial charge is 0.381 e. The van der Waals surface area contributed by atoms with Crippen LogP contribution in [0.4, 0.5) is 0 Å². The fourth-order valence-corrected chi connectivity index (χ4v) is 3.88. The number of rotatable bonds is 7. The van der Waals surface area contributed by atoms with Crippen LogP contribution >= 0.6 is 11.3 Å². The molecule has 1 saturated heterocycles. The van der Waals surface area contributed by atoms with Crippen molar-refractivity contribution in [3.8, 4) is 0 Å². The van der Waals surface area contributed by atoms with Crippen LogP contribution in [0.25, 0.3) is 0 Å². The third kappa shape index (κ3) is 4.78. The van der Waals surface area contributed by atoms with Gasteiger partial charge in [-0.25, -0.2) is 0 Å². The first-order valence-corrected chi connectivity index (χ1v) is 8.95. The quantitative estimate of drug-likeness (QED) is 0.834. The number of hydrogen-bond donors (Lipinski definition) is 1. The standard InChI is InChI=1S/C17H30N2OS/c1-14(2)18-12-17(7-9-20-10-8-17)13-19(4)15(3)16-6-5-11-21-16/h5-6,11,14-15,18H,7-10,12-13H2,1-4H3. The van der Waals surface area contributed by atoms with Gasteiger partial charge >= 0.3 is 0 Å². The fraction of sp³-hybridized carbons (Fsp3) is 0.765. The SMILES string of the molecule is CC(C)NCC1(CN(C)C(C)c2cccs2)CCOCC1. The van der Waals surface area contributed by atoms with Crippen molar-refractivity contribution in [2.24, 2.45) is 5.41 Å². The highest BCUT2D eigenvalue weighted by atomic mass is 32.1. The molecule has 1 aliphatic heterocycles. The Morgan fingerprint density at radius 1 is 1.33 bits per heavy atom. The van der Waals surface area contributed by atoms with Crippen LogP contribution in [-0.4, -0.2) is 44.3 Å². The molecular weight excluding hydrogens is 280 g/mol. The van der Waals surface area contributed by atoms with Gasteiger partial charge in [-0.05, 0) is 43.7 Å². The second-order valence-corrected chi connectivity index (χ2v) is 7.73. The molecule has 2 rings (SSSR count). The molecule has 1 atom stereocenters. The predicted molar refractivity (Wildman–Crippen MR) is 91.0 cm³/mol. The zero-order chi connectivity index (χ0) is 15.3. The van der Waals surface area contributed by atoms with E-state index in [1.165, 1.54) is 4.88 Å². The smallest absolute Gasteiger partial charge is 0.0472 e. The fourth-order valence-electron chi connectivity index (χ4n) is 3.03. The first kappa shape index (κ1) is 16.9. The predicted octanol–water partition coefficient (Wildman–Crippen LogP) is 3.54. The molecule has 21 heavy (non-hydrogen) atoms. The van der Waals surface area contributed by atoms with Gasteiger partial charge in [0, 0.05) is 43.3 Å². The van der Waals surface area contributed by atoms with Gasteiger partial charge in [-0.3, -0.25) is 4.90 Å². The lowest BCUT2D eigenvalue weighted by Crippen LogP contribution is -2.48. The molecule has 1 N–H and O–H groups in total. The summed E-state index contributed by atoms with van der Waals surface area (Å²) in [6, 6.07) is 5.43. The summed E-state index contributed by atoms with van der Waals surface area (Å²) in [5.41, 5.74) is 0.350. The Balaban J connectivity index is 2.00. The van der Waals surface area contributed by atoms with E-state index in [2.05, 4.69) is 55.5 Å². The summed E-state index contributed by atoms with van der Waals surface area (Å²) in [5.74, 6) is 0. The Hall–Kier alpha value is -0.420. The van der Waals surface area contributed by atoms with Crippen LogP contribution in [0.3, 0.4) is 0 Å². The van der Waals surface area contributed by atoms with Crippen molar-refractivity contribution in [1.82, 2.24) is 10.2 Å². The normalized spacial score (nSPS) is 20.1. The van der Waals surface area contributed by atoms with Gasteiger partial charge < -0.3 is 10.1 Å². The summed E-state index contributed by atoms with van der Waals surface area (Å²) >= 11 is 1.86. The molecular formula is C17H30N2OS. The van der Waals surface area contributed by atoms with Crippen LogP contribution in [0.15, 0.2) is 17.5 Å². The highest BCUT2D eigenvalue weighted by Gasteiger charge is 2.34. The Morgan fingerprint density at radius 3 is 2.62 bits per heavy atom. The third-order valence-electron chi connectivity index (χ3n) is 4.64. The summed E-state index contributed by atoms with van der Waals surface area (Å²) in [4.78, 5) is 3.97. The molecule has 1 unspecified atom stereocenters. The van der Waals surface area contributed by atoms with Gasteiger partial charge in [-0.1, -0.05) is 19.9 Å². The third-order valence-corrected chi connectivity index (χ3v) is 5.68. The molecule has 1 aromatic heterocycles. The van der Waals surface area contributed by atoms with Crippen LogP contribution in [0.5, 0.6) is 0 Å². The maximum atomic E-state index is 5.60. The van der Waals surface area contributed by atoms with Gasteiger partial charge in [0.2, 0.25) is 0 Å². The molecule has 0 aromatic carbocycles. The van der Waals surface area contributed by atoms with Crippen LogP contribution in [0.2, 0.25) is 0 Å². The van der Waals surface area contributed by atoms with Gasteiger partial charge in [-0.15, -0.1) is 11.3 Å². The van der Waals surface area contributed by atoms with Crippen LogP contribution in [0.1, 0.15) is 44.5 Å². The zero-order valence-corrected chi connectivity index (χ0v) is 14.7. The number of nitrogens with one attached hydrogen (secondary N) is 1. The van der Waals surface area contributed by atoms with E-state index in [0.717, 1.165) is 39.1 Å². The summed E-state index contributed by atoms with van der Waals surface area (Å²) in [5, 5.41) is 5.83. The highest BCUT2D eigenvalue weighted by molar-refractivity contribution is 7.10. The topological polar surface area (TPSA) is 24.5 Å². The van der Waals surface area contributed by atoms with E-state index >= 15 is 0 Å². The van der Waals surface area contributed by atoms with Crippen molar-refractivity contribution in [2.45, 2.75) is 45.7 Å². The van der Waals surface area contributed by atoms with E-state index in [4.69, 9.17) is 4.74 Å². The maximum absolute atomic E-state index is 5.60. The van der Waals surface area contributed by atoms with Crippen molar-refractivity contribution < 1.29 is 4.74 Å². The average molecular weight is 311 g/mol. The minimum atomic E-state index is 0.350. The molecule has 3 nitrogen and oxygen atoms in total. The molecule has 1 aliphatic rings. The van der Waals surface area contributed by atoms with Crippen LogP contribution < -0.4 is 5.32 Å². The average Bonchev–Trinajstić information content (AvgIpc) is 2.99. The molecule has 1 aromatic rings. The monoisotopic (exact) mass is 310 g/mol. The lowest BCUT2D eigenvalue weighted by atomic mass is 9.79. The minimum Gasteiger partial charge on any atom is -0.381 e. The number of ether oxygens (including phenoxy) is 1. The highest BCUT2D eigenvalue weighted by Crippen LogP contribution is 2.34. The van der Waals surface area contributed by atoms with E-state index in [0.29, 0.717) is 17.5 Å². The van der Waals surface area contributed by atoms with E-state index in [-0.39, 0.29) is 0 Å². The molecule has 0 spiro atoms. The second kappa shape index (κ2) is 7.73. The number of nitrogens with zero attached hydrogens (tertiary/aromatic N) is 1. The Kier molecular flexibility index (Phi) is 6.23. The second-order valence-electron chi connectivity index (χ2n) is 6.75. The molecule has 0 saturated carbocycles. The maximum Gasteiger partial charge on any atom is 0.0472 e. The van der Waals surface area contributed by atoms with E-state index in [1.807, 2.05) is 11.3 Å². The van der Waals surface area contributed by atoms with Crippen molar-refractivity contribution >= 4 is 11.3 Å². The molecule has 0 radical (unpaired) electrons. The Morgan fingerprint density at radius 2 is 2.05 bits per heavy atom. The van der Waals surface area contributed by atoms with Gasteiger partial charge in [0.05, 0.1) is 0 Å². The minimum absolute atomic E-state index is 0.350. The first-order valence-electron chi connectivity index (χ1n) is 8.07. The van der Waals surface area contributed by atoms with Gasteiger partial charge in [0.25, 0.3) is 0 Å². The first-order chi connectivity index (χ1) is 10.0. The molecule has 0 bridgehead atoms. The molecule has 1 fully saturated rings. The lowest BCUT2D eigenvalue weighted by molar-refractivity contribution is -0.00644. The number of thiophene rings is 1. The van der Waals surface area contributed by atoms with Crippen LogP contribution in [-0.2, 0) is 4.74 Å². The van der Waals surface area contributed by atoms with Gasteiger partial charge in [0.1, 0.15) is 0 Å². The van der Waals surface area contributed by atoms with Crippen molar-refractivity contribution in [2.75, 3.05) is 33.4 Å². The van der Waals surface area contributed by atoms with E-state index in [1.54, 1.807) is 0 Å². The van der Waals surface area contributed by atoms with Gasteiger partial charge in [-0.2, -0.15) is 0 Å². The molecule has 4 heteroatoms. The molecule has 2 heterocycles. The Bertz CT molecular complexity index is 399. The summed E-state index contributed by atoms with van der Waals surface area (Å²) < 4.78 is 5.60. The molecule has 0 aliphatic carbocycles. The molecule has 0 amide bonds. The molecule has 120 valence electrons. The Labute approximate surface area is 133 Å². The van der Waals surface area contributed by atoms with Crippen molar-refractivity contribution in [1.29, 1.82) is 0 Å². The summed E-state index contributed by atoms with van der Waals surface area (Å²) in [7, 11) is 2.26. The lowest BCUT2D eigenvalue weighted by Gasteiger charge is -2.42. The van der Waals surface area contributed by atoms with E-state index in [9.17, 15) is 0 Å². The zero-order valence-electron chi connectivity index (χ0n) is 13.9. The number of hydrogen-bond acceptors (Lipinski definition) is 4. The van der Waals surface area contributed by atoms with Gasteiger partial charge in [0.15, 0.2) is 0 Å². The van der Waals surface area contributed by atoms with Crippen LogP contribution in [0, 0.1) is 5.41 Å². The van der Waals surface area contributed by atoms with Crippen molar-refractivity contribution in [3.05, 3.63) is 22.4 Å². The summed E-state index contributed by atoms with van der Waals surface area (Å²) in [6.45, 7) is 10.8. The van der Waals surface area contributed by atoms with Crippen molar-refractivity contribution in [3.63, 3.8) is 0 Å². The van der Waals surface area contributed by atoms with E-state index < -0.39 is 0 Å².